The maximum atomic E-state index is 13.4. The van der Waals surface area contributed by atoms with Gasteiger partial charge in [-0.1, -0.05) is 258 Å². The first-order chi connectivity index (χ1) is 46.8. The SMILES string of the molecule is CC/C=C\C/C=C\C/C=C\C/C=C\C/C=C\C/C=C\C/C=C\C/C=C\CCCCCCC(=O)NC(COC1OC(CO)C(OC2OC(CO)C(OC3OC(CO)C(O)C(O)C3O)C(O)C2O)C(O)C1O)C(O)/C=C/CCCCCCCCCCCCCCCCCCCCCC. The lowest BCUT2D eigenvalue weighted by Crippen LogP contribution is -2.66. The Morgan fingerprint density at radius 1 is 0.385 bits per heavy atom. The molecule has 17 atom stereocenters. The summed E-state index contributed by atoms with van der Waals surface area (Å²) in [6.45, 7) is 1.60. The van der Waals surface area contributed by atoms with E-state index < -0.39 is 124 Å². The van der Waals surface area contributed by atoms with Crippen molar-refractivity contribution >= 4 is 5.91 Å². The number of carbonyl (C=O) groups is 1. The van der Waals surface area contributed by atoms with Crippen LogP contribution < -0.4 is 5.32 Å². The average Bonchev–Trinajstić information content (AvgIpc) is 0.787. The minimum absolute atomic E-state index is 0.207. The van der Waals surface area contributed by atoms with E-state index >= 15 is 0 Å². The molecule has 3 heterocycles. The van der Waals surface area contributed by atoms with Gasteiger partial charge in [0, 0.05) is 6.42 Å². The highest BCUT2D eigenvalue weighted by Gasteiger charge is 2.53. The predicted octanol–water partition coefficient (Wildman–Crippen LogP) is 11.0. The van der Waals surface area contributed by atoms with Gasteiger partial charge in [-0.15, -0.1) is 0 Å². The van der Waals surface area contributed by atoms with E-state index in [1.165, 1.54) is 109 Å². The molecule has 0 aromatic rings. The van der Waals surface area contributed by atoms with Gasteiger partial charge in [0.25, 0.3) is 0 Å². The molecule has 19 heteroatoms. The van der Waals surface area contributed by atoms with E-state index in [-0.39, 0.29) is 18.9 Å². The van der Waals surface area contributed by atoms with E-state index in [0.29, 0.717) is 6.42 Å². The van der Waals surface area contributed by atoms with Crippen molar-refractivity contribution in [3.63, 3.8) is 0 Å². The maximum absolute atomic E-state index is 13.4. The van der Waals surface area contributed by atoms with Crippen LogP contribution in [0.15, 0.2) is 109 Å². The third-order valence-electron chi connectivity index (χ3n) is 17.8. The molecule has 17 unspecified atom stereocenters. The van der Waals surface area contributed by atoms with E-state index in [9.17, 15) is 61.0 Å². The van der Waals surface area contributed by atoms with E-state index in [0.717, 1.165) is 103 Å². The second-order valence-electron chi connectivity index (χ2n) is 26.0. The Hall–Kier alpha value is -3.55. The molecule has 0 saturated carbocycles. The van der Waals surface area contributed by atoms with Crippen molar-refractivity contribution in [2.75, 3.05) is 26.4 Å². The molecule has 3 rings (SSSR count). The van der Waals surface area contributed by atoms with Gasteiger partial charge in [0.2, 0.25) is 5.91 Å². The molecule has 0 aliphatic carbocycles. The summed E-state index contributed by atoms with van der Waals surface area (Å²) in [5, 5.41) is 121. The number of aliphatic hydroxyl groups excluding tert-OH is 11. The molecule has 0 bridgehead atoms. The summed E-state index contributed by atoms with van der Waals surface area (Å²) in [5.74, 6) is -0.303. The first-order valence-corrected chi connectivity index (χ1v) is 37.1. The minimum atomic E-state index is -1.99. The lowest BCUT2D eigenvalue weighted by molar-refractivity contribution is -0.379. The molecule has 3 aliphatic heterocycles. The van der Waals surface area contributed by atoms with Crippen LogP contribution in [-0.2, 0) is 33.2 Å². The Kier molecular flexibility index (Phi) is 51.6. The summed E-state index contributed by atoms with van der Waals surface area (Å²) in [5.41, 5.74) is 0. The van der Waals surface area contributed by atoms with Crippen molar-refractivity contribution in [1.82, 2.24) is 5.32 Å². The van der Waals surface area contributed by atoms with E-state index in [4.69, 9.17) is 28.4 Å². The highest BCUT2D eigenvalue weighted by atomic mass is 16.8. The Bertz CT molecular complexity index is 2160. The largest absolute Gasteiger partial charge is 0.394 e. The van der Waals surface area contributed by atoms with Crippen LogP contribution in [0.25, 0.3) is 0 Å². The van der Waals surface area contributed by atoms with E-state index in [1.807, 2.05) is 6.08 Å². The minimum Gasteiger partial charge on any atom is -0.394 e. The third-order valence-corrected chi connectivity index (χ3v) is 17.8. The number of nitrogens with one attached hydrogen (secondary N) is 1. The molecular weight excluding hydrogens is 1230 g/mol. The van der Waals surface area contributed by atoms with Gasteiger partial charge < -0.3 is 89.9 Å². The fourth-order valence-corrected chi connectivity index (χ4v) is 11.9. The van der Waals surface area contributed by atoms with Gasteiger partial charge in [0.05, 0.1) is 38.6 Å². The summed E-state index contributed by atoms with van der Waals surface area (Å²) in [6.07, 6.45) is 50.5. The lowest BCUT2D eigenvalue weighted by atomic mass is 9.96. The summed E-state index contributed by atoms with van der Waals surface area (Å²) in [4.78, 5) is 13.4. The molecule has 96 heavy (non-hydrogen) atoms. The second-order valence-corrected chi connectivity index (χ2v) is 26.0. The van der Waals surface area contributed by atoms with Gasteiger partial charge >= 0.3 is 0 Å². The summed E-state index contributed by atoms with van der Waals surface area (Å²) in [7, 11) is 0. The van der Waals surface area contributed by atoms with Gasteiger partial charge in [0.1, 0.15) is 73.2 Å². The molecule has 0 aromatic carbocycles. The van der Waals surface area contributed by atoms with Crippen LogP contribution in [0.5, 0.6) is 0 Å². The molecule has 3 aliphatic rings. The molecular formula is C77H131NO18. The average molecular weight is 1360 g/mol. The van der Waals surface area contributed by atoms with Crippen molar-refractivity contribution in [2.24, 2.45) is 0 Å². The zero-order valence-corrected chi connectivity index (χ0v) is 58.6. The fourth-order valence-electron chi connectivity index (χ4n) is 11.9. The monoisotopic (exact) mass is 1360 g/mol. The molecule has 552 valence electrons. The molecule has 0 spiro atoms. The van der Waals surface area contributed by atoms with Gasteiger partial charge in [-0.25, -0.2) is 0 Å². The quantitative estimate of drug-likeness (QED) is 0.0199. The number of rotatable bonds is 56. The van der Waals surface area contributed by atoms with Crippen molar-refractivity contribution < 1.29 is 89.4 Å². The number of hydrogen-bond donors (Lipinski definition) is 12. The number of amides is 1. The normalized spacial score (nSPS) is 27.7. The van der Waals surface area contributed by atoms with Crippen LogP contribution in [0, 0.1) is 0 Å². The van der Waals surface area contributed by atoms with Crippen LogP contribution in [-0.4, -0.2) is 193 Å². The highest BCUT2D eigenvalue weighted by molar-refractivity contribution is 5.76. The summed E-state index contributed by atoms with van der Waals surface area (Å²) < 4.78 is 34.4. The third kappa shape index (κ3) is 37.8. The molecule has 0 radical (unpaired) electrons. The number of aliphatic hydroxyl groups is 11. The number of carbonyl (C=O) groups excluding carboxylic acids is 1. The summed E-state index contributed by atoms with van der Waals surface area (Å²) >= 11 is 0. The lowest BCUT2D eigenvalue weighted by Gasteiger charge is -2.48. The standard InChI is InChI=1S/C77H131NO18/c1-3-5-7-9-11-13-15-17-19-21-23-25-27-28-29-30-31-32-33-35-37-39-41-43-45-47-49-51-53-55-65(83)78-60(61(82)54-52-50-48-46-44-42-40-38-36-34-26-24-22-20-18-16-14-12-10-8-6-4-2)59-91-75-71(89)68(86)73(63(57-80)93-75)96-77-72(90)69(87)74(64(58-81)94-77)95-76-70(88)67(85)66(84)62(56-79)92-76/h5,7,11,13,17,19,23,25,28-29,31-32,35,37,41,43,52,54,60-64,66-77,79-82,84-90H,3-4,6,8-10,12,14-16,18,20-22,24,26-27,30,33-34,36,38-40,42,44-51,53,55-59H2,1-2H3,(H,78,83)/b7-5-,13-11-,19-17-,25-23-,29-28-,32-31-,37-35-,43-41-,54-52+. The van der Waals surface area contributed by atoms with Crippen LogP contribution >= 0.6 is 0 Å². The van der Waals surface area contributed by atoms with Crippen molar-refractivity contribution in [3.05, 3.63) is 109 Å². The van der Waals surface area contributed by atoms with Crippen molar-refractivity contribution in [2.45, 2.75) is 343 Å². The molecule has 0 aromatic heterocycles. The molecule has 12 N–H and O–H groups in total. The van der Waals surface area contributed by atoms with Gasteiger partial charge in [0.15, 0.2) is 18.9 Å². The van der Waals surface area contributed by atoms with Crippen LogP contribution in [0.4, 0.5) is 0 Å². The fraction of sp³-hybridized carbons (Fsp3) is 0.753. The smallest absolute Gasteiger partial charge is 0.220 e. The Labute approximate surface area is 576 Å². The van der Waals surface area contributed by atoms with Crippen molar-refractivity contribution in [1.29, 1.82) is 0 Å². The van der Waals surface area contributed by atoms with Crippen LogP contribution in [0.1, 0.15) is 239 Å². The first kappa shape index (κ1) is 86.7. The Morgan fingerprint density at radius 3 is 1.12 bits per heavy atom. The van der Waals surface area contributed by atoms with Crippen molar-refractivity contribution in [3.8, 4) is 0 Å². The molecule has 3 fully saturated rings. The van der Waals surface area contributed by atoms with Gasteiger partial charge in [-0.3, -0.25) is 4.79 Å². The van der Waals surface area contributed by atoms with Gasteiger partial charge in [-0.2, -0.15) is 0 Å². The highest BCUT2D eigenvalue weighted by Crippen LogP contribution is 2.33. The maximum Gasteiger partial charge on any atom is 0.220 e. The Balaban J connectivity index is 1.43. The van der Waals surface area contributed by atoms with E-state index in [1.54, 1.807) is 6.08 Å². The van der Waals surface area contributed by atoms with E-state index in [2.05, 4.69) is 116 Å². The number of unbranched alkanes of at least 4 members (excludes halogenated alkanes) is 24. The van der Waals surface area contributed by atoms with Crippen LogP contribution in [0.2, 0.25) is 0 Å². The van der Waals surface area contributed by atoms with Crippen LogP contribution in [0.3, 0.4) is 0 Å². The number of hydrogen-bond acceptors (Lipinski definition) is 18. The molecule has 1 amide bonds. The topological polar surface area (TPSA) is 307 Å². The van der Waals surface area contributed by atoms with Gasteiger partial charge in [-0.05, 0) is 83.5 Å². The Morgan fingerprint density at radius 2 is 0.719 bits per heavy atom. The second kappa shape index (κ2) is 57.1. The molecule has 3 saturated heterocycles. The zero-order chi connectivity index (χ0) is 69.6. The number of ether oxygens (including phenoxy) is 6. The predicted molar refractivity (Wildman–Crippen MR) is 378 cm³/mol. The first-order valence-electron chi connectivity index (χ1n) is 37.1. The number of allylic oxidation sites excluding steroid dienone is 17. The molecule has 19 nitrogen and oxygen atoms in total. The zero-order valence-electron chi connectivity index (χ0n) is 58.6. The summed E-state index contributed by atoms with van der Waals surface area (Å²) in [6, 6.07) is -0.996.